The fourth-order valence-corrected chi connectivity index (χ4v) is 2.20. The maximum absolute atomic E-state index is 11.8. The lowest BCUT2D eigenvalue weighted by atomic mass is 9.82. The fourth-order valence-electron chi connectivity index (χ4n) is 2.20. The van der Waals surface area contributed by atoms with Crippen molar-refractivity contribution in [3.8, 4) is 0 Å². The van der Waals surface area contributed by atoms with Crippen LogP contribution in [-0.2, 0) is 14.3 Å². The van der Waals surface area contributed by atoms with Crippen LogP contribution in [0, 0.1) is 5.92 Å². The Bertz CT molecular complexity index is 191. The molecule has 0 N–H and O–H groups in total. The summed E-state index contributed by atoms with van der Waals surface area (Å²) in [6, 6.07) is 0. The van der Waals surface area contributed by atoms with Gasteiger partial charge in [0.15, 0.2) is 0 Å². The quantitative estimate of drug-likeness (QED) is 0.637. The Hall–Kier alpha value is -0.410. The average Bonchev–Trinajstić information content (AvgIpc) is 2.25. The smallest absolute Gasteiger partial charge is 0.146 e. The topological polar surface area (TPSA) is 35.5 Å². The second kappa shape index (κ2) is 6.96. The van der Waals surface area contributed by atoms with Gasteiger partial charge in [-0.05, 0) is 19.3 Å². The Morgan fingerprint density at radius 3 is 2.93 bits per heavy atom. The van der Waals surface area contributed by atoms with Crippen LogP contribution >= 0.6 is 0 Å². The summed E-state index contributed by atoms with van der Waals surface area (Å²) < 4.78 is 10.5. The van der Waals surface area contributed by atoms with E-state index in [1.807, 2.05) is 0 Å². The van der Waals surface area contributed by atoms with Crippen LogP contribution in [0.1, 0.15) is 45.4 Å². The number of carbonyl (C=O) groups excluding carboxylic acids is 1. The Morgan fingerprint density at radius 1 is 1.47 bits per heavy atom. The molecule has 0 aromatic heterocycles. The van der Waals surface area contributed by atoms with Gasteiger partial charge in [-0.25, -0.2) is 0 Å². The molecule has 0 spiro atoms. The molecule has 0 unspecified atom stereocenters. The molecule has 0 heterocycles. The van der Waals surface area contributed by atoms with Gasteiger partial charge in [0.25, 0.3) is 0 Å². The van der Waals surface area contributed by atoms with Crippen molar-refractivity contribution in [2.24, 2.45) is 5.92 Å². The van der Waals surface area contributed by atoms with Crippen LogP contribution in [0.2, 0.25) is 0 Å². The lowest BCUT2D eigenvalue weighted by molar-refractivity contribution is -0.141. The molecule has 2 atom stereocenters. The molecule has 3 nitrogen and oxygen atoms in total. The van der Waals surface area contributed by atoms with Crippen LogP contribution in [-0.4, -0.2) is 25.8 Å². The number of hydrogen-bond acceptors (Lipinski definition) is 3. The number of methoxy groups -OCH3 is 1. The second-order valence-corrected chi connectivity index (χ2v) is 4.22. The van der Waals surface area contributed by atoms with Gasteiger partial charge in [0.2, 0.25) is 0 Å². The normalized spacial score (nSPS) is 26.9. The largest absolute Gasteiger partial charge is 0.359 e. The van der Waals surface area contributed by atoms with Crippen LogP contribution in [0.4, 0.5) is 0 Å². The van der Waals surface area contributed by atoms with Crippen molar-refractivity contribution in [2.75, 3.05) is 13.9 Å². The summed E-state index contributed by atoms with van der Waals surface area (Å²) in [5, 5.41) is 0. The molecule has 1 aliphatic carbocycles. The van der Waals surface area contributed by atoms with Gasteiger partial charge in [-0.15, -0.1) is 0 Å². The van der Waals surface area contributed by atoms with Crippen LogP contribution in [0.25, 0.3) is 0 Å². The molecule has 1 fully saturated rings. The van der Waals surface area contributed by atoms with Gasteiger partial charge >= 0.3 is 0 Å². The molecule has 0 amide bonds. The van der Waals surface area contributed by atoms with E-state index in [1.165, 1.54) is 0 Å². The summed E-state index contributed by atoms with van der Waals surface area (Å²) in [5.41, 5.74) is 0. The molecular weight excluding hydrogens is 192 g/mol. The highest BCUT2D eigenvalue weighted by atomic mass is 16.7. The first-order chi connectivity index (χ1) is 7.29. The van der Waals surface area contributed by atoms with E-state index in [1.54, 1.807) is 7.11 Å². The zero-order valence-electron chi connectivity index (χ0n) is 9.83. The highest BCUT2D eigenvalue weighted by Crippen LogP contribution is 2.28. The molecule has 88 valence electrons. The molecule has 3 heteroatoms. The highest BCUT2D eigenvalue weighted by Gasteiger charge is 2.31. The van der Waals surface area contributed by atoms with Crippen molar-refractivity contribution in [1.29, 1.82) is 0 Å². The molecule has 1 rings (SSSR count). The maximum atomic E-state index is 11.8. The predicted octanol–water partition coefficient (Wildman–Crippen LogP) is 2.53. The number of unbranched alkanes of at least 4 members (excludes halogenated alkanes) is 1. The number of Topliss-reactive ketones (excluding diaryl/α,β-unsaturated/α-hetero) is 1. The molecule has 0 aliphatic heterocycles. The summed E-state index contributed by atoms with van der Waals surface area (Å²) in [4.78, 5) is 11.8. The van der Waals surface area contributed by atoms with E-state index in [0.717, 1.165) is 38.5 Å². The van der Waals surface area contributed by atoms with E-state index in [9.17, 15) is 4.79 Å². The van der Waals surface area contributed by atoms with Crippen molar-refractivity contribution in [2.45, 2.75) is 51.6 Å². The van der Waals surface area contributed by atoms with Gasteiger partial charge < -0.3 is 9.47 Å². The monoisotopic (exact) mass is 214 g/mol. The third kappa shape index (κ3) is 3.92. The summed E-state index contributed by atoms with van der Waals surface area (Å²) in [7, 11) is 1.62. The summed E-state index contributed by atoms with van der Waals surface area (Å²) in [5.74, 6) is 0.504. The maximum Gasteiger partial charge on any atom is 0.146 e. The van der Waals surface area contributed by atoms with Gasteiger partial charge in [-0.2, -0.15) is 0 Å². The standard InChI is InChI=1S/C12H22O3/c1-3-4-6-10-11(13)7-5-8-12(10)15-9-14-2/h10,12H,3-9H2,1-2H3/t10-,12-/m1/s1. The number of hydrogen-bond donors (Lipinski definition) is 0. The summed E-state index contributed by atoms with van der Waals surface area (Å²) >= 11 is 0. The molecule has 0 radical (unpaired) electrons. The Labute approximate surface area is 92.1 Å². The minimum atomic E-state index is 0.0951. The molecule has 0 aromatic carbocycles. The van der Waals surface area contributed by atoms with E-state index in [4.69, 9.17) is 9.47 Å². The molecular formula is C12H22O3. The van der Waals surface area contributed by atoms with Crippen molar-refractivity contribution in [3.05, 3.63) is 0 Å². The minimum Gasteiger partial charge on any atom is -0.359 e. The highest BCUT2D eigenvalue weighted by molar-refractivity contribution is 5.82. The Balaban J connectivity index is 2.44. The molecule has 1 aliphatic rings. The minimum absolute atomic E-state index is 0.0951. The third-order valence-corrected chi connectivity index (χ3v) is 3.04. The van der Waals surface area contributed by atoms with Crippen molar-refractivity contribution >= 4 is 5.78 Å². The van der Waals surface area contributed by atoms with Gasteiger partial charge in [-0.3, -0.25) is 4.79 Å². The number of ether oxygens (including phenoxy) is 2. The van der Waals surface area contributed by atoms with Gasteiger partial charge in [0.05, 0.1) is 6.10 Å². The van der Waals surface area contributed by atoms with E-state index in [2.05, 4.69) is 6.92 Å². The predicted molar refractivity (Wildman–Crippen MR) is 58.6 cm³/mol. The fraction of sp³-hybridized carbons (Fsp3) is 0.917. The third-order valence-electron chi connectivity index (χ3n) is 3.04. The lowest BCUT2D eigenvalue weighted by Gasteiger charge is -2.30. The summed E-state index contributed by atoms with van der Waals surface area (Å²) in [6.07, 6.45) is 6.03. The van der Waals surface area contributed by atoms with Crippen LogP contribution in [0.15, 0.2) is 0 Å². The molecule has 1 saturated carbocycles. The molecule has 0 bridgehead atoms. The summed E-state index contributed by atoms with van der Waals surface area (Å²) in [6.45, 7) is 2.46. The van der Waals surface area contributed by atoms with Gasteiger partial charge in [0, 0.05) is 19.4 Å². The first-order valence-corrected chi connectivity index (χ1v) is 5.92. The zero-order chi connectivity index (χ0) is 11.1. The average molecular weight is 214 g/mol. The zero-order valence-corrected chi connectivity index (χ0v) is 9.83. The van der Waals surface area contributed by atoms with E-state index in [-0.39, 0.29) is 12.0 Å². The van der Waals surface area contributed by atoms with E-state index < -0.39 is 0 Å². The van der Waals surface area contributed by atoms with Crippen LogP contribution in [0.5, 0.6) is 0 Å². The molecule has 0 saturated heterocycles. The first kappa shape index (κ1) is 12.7. The van der Waals surface area contributed by atoms with Crippen LogP contribution in [0.3, 0.4) is 0 Å². The van der Waals surface area contributed by atoms with E-state index in [0.29, 0.717) is 12.6 Å². The molecule has 15 heavy (non-hydrogen) atoms. The van der Waals surface area contributed by atoms with Crippen molar-refractivity contribution in [1.82, 2.24) is 0 Å². The Morgan fingerprint density at radius 2 is 2.27 bits per heavy atom. The SMILES string of the molecule is CCCC[C@@H]1C(=O)CCC[C@H]1OCOC. The number of rotatable bonds is 6. The number of ketones is 1. The first-order valence-electron chi connectivity index (χ1n) is 5.92. The molecule has 0 aromatic rings. The second-order valence-electron chi connectivity index (χ2n) is 4.22. The van der Waals surface area contributed by atoms with Gasteiger partial charge in [-0.1, -0.05) is 19.8 Å². The number of carbonyl (C=O) groups is 1. The van der Waals surface area contributed by atoms with Crippen molar-refractivity contribution < 1.29 is 14.3 Å². The Kier molecular flexibility index (Phi) is 5.88. The van der Waals surface area contributed by atoms with Gasteiger partial charge in [0.1, 0.15) is 12.6 Å². The van der Waals surface area contributed by atoms with Crippen LogP contribution < -0.4 is 0 Å². The lowest BCUT2D eigenvalue weighted by Crippen LogP contribution is -2.35. The van der Waals surface area contributed by atoms with Crippen molar-refractivity contribution in [3.63, 3.8) is 0 Å². The van der Waals surface area contributed by atoms with E-state index >= 15 is 0 Å².